The number of carbonyl (C=O) groups excluding carboxylic acids is 1. The van der Waals surface area contributed by atoms with E-state index in [0.29, 0.717) is 6.42 Å². The number of amides is 1. The van der Waals surface area contributed by atoms with E-state index in [1.165, 1.54) is 50.5 Å². The molecule has 0 aromatic heterocycles. The normalized spacial score (nSPS) is 24.9. The molecule has 1 amide bonds. The van der Waals surface area contributed by atoms with Crippen LogP contribution in [0.3, 0.4) is 0 Å². The smallest absolute Gasteiger partial charge is 0.240 e. The average molecular weight is 312 g/mol. The lowest BCUT2D eigenvalue weighted by Crippen LogP contribution is -2.25. The fourth-order valence-corrected chi connectivity index (χ4v) is 3.85. The van der Waals surface area contributed by atoms with Crippen LogP contribution in [-0.4, -0.2) is 11.6 Å². The van der Waals surface area contributed by atoms with Gasteiger partial charge in [-0.1, -0.05) is 63.3 Å². The predicted octanol–water partition coefficient (Wildman–Crippen LogP) is 4.45. The molecule has 23 heavy (non-hydrogen) atoms. The largest absolute Gasteiger partial charge is 0.273 e. The second-order valence-electron chi connectivity index (χ2n) is 7.12. The van der Waals surface area contributed by atoms with Crippen molar-refractivity contribution in [3.63, 3.8) is 0 Å². The van der Waals surface area contributed by atoms with E-state index in [9.17, 15) is 4.79 Å². The van der Waals surface area contributed by atoms with E-state index in [-0.39, 0.29) is 5.91 Å². The van der Waals surface area contributed by atoms with E-state index in [1.807, 2.05) is 0 Å². The fraction of sp³-hybridized carbons (Fsp3) is 0.600. The molecule has 1 aromatic carbocycles. The van der Waals surface area contributed by atoms with Gasteiger partial charge in [-0.3, -0.25) is 4.79 Å². The number of rotatable bonds is 5. The number of carbonyl (C=O) groups is 1. The zero-order chi connectivity index (χ0) is 16.1. The topological polar surface area (TPSA) is 41.5 Å². The highest BCUT2D eigenvalue weighted by Crippen LogP contribution is 2.33. The van der Waals surface area contributed by atoms with Crippen LogP contribution in [0.15, 0.2) is 29.4 Å². The molecule has 1 aliphatic carbocycles. The standard InChI is InChI=1S/C20H28N2O/c1-2-15-3-5-16(6-4-15)7-8-17-9-11-18(12-10-17)19-13-14-20(23)22-21-19/h9-12,15-16H,2-8,13-14H2,1H3,(H,22,23)/t15-,16-. The number of hydrogen-bond acceptors (Lipinski definition) is 2. The van der Waals surface area contributed by atoms with Crippen LogP contribution in [-0.2, 0) is 11.2 Å². The lowest BCUT2D eigenvalue weighted by atomic mass is 9.78. The van der Waals surface area contributed by atoms with E-state index in [4.69, 9.17) is 0 Å². The first-order chi connectivity index (χ1) is 11.2. The first-order valence-electron chi connectivity index (χ1n) is 9.19. The molecule has 2 aliphatic rings. The van der Waals surface area contributed by atoms with Crippen molar-refractivity contribution in [2.75, 3.05) is 0 Å². The second-order valence-corrected chi connectivity index (χ2v) is 7.12. The molecule has 3 nitrogen and oxygen atoms in total. The van der Waals surface area contributed by atoms with Gasteiger partial charge in [0.05, 0.1) is 5.71 Å². The lowest BCUT2D eigenvalue weighted by Gasteiger charge is -2.27. The number of nitrogens with one attached hydrogen (secondary N) is 1. The van der Waals surface area contributed by atoms with Gasteiger partial charge < -0.3 is 0 Å². The van der Waals surface area contributed by atoms with Crippen LogP contribution in [0.4, 0.5) is 0 Å². The highest BCUT2D eigenvalue weighted by Gasteiger charge is 2.19. The molecule has 0 bridgehead atoms. The Bertz CT molecular complexity index is 554. The van der Waals surface area contributed by atoms with Gasteiger partial charge >= 0.3 is 0 Å². The molecule has 124 valence electrons. The van der Waals surface area contributed by atoms with Crippen LogP contribution < -0.4 is 5.43 Å². The van der Waals surface area contributed by atoms with Crippen LogP contribution >= 0.6 is 0 Å². The molecule has 1 aliphatic heterocycles. The number of aryl methyl sites for hydroxylation is 1. The van der Waals surface area contributed by atoms with Gasteiger partial charge in [-0.25, -0.2) is 5.43 Å². The van der Waals surface area contributed by atoms with Crippen molar-refractivity contribution < 1.29 is 4.79 Å². The average Bonchev–Trinajstić information content (AvgIpc) is 2.61. The lowest BCUT2D eigenvalue weighted by molar-refractivity contribution is -0.121. The predicted molar refractivity (Wildman–Crippen MR) is 94.4 cm³/mol. The molecular formula is C20H28N2O. The molecule has 3 rings (SSSR count). The van der Waals surface area contributed by atoms with Crippen molar-refractivity contribution >= 4 is 11.6 Å². The highest BCUT2D eigenvalue weighted by molar-refractivity contribution is 6.04. The maximum Gasteiger partial charge on any atom is 0.240 e. The summed E-state index contributed by atoms with van der Waals surface area (Å²) in [6.45, 7) is 2.33. The van der Waals surface area contributed by atoms with Crippen LogP contribution in [0, 0.1) is 11.8 Å². The zero-order valence-corrected chi connectivity index (χ0v) is 14.2. The summed E-state index contributed by atoms with van der Waals surface area (Å²) in [5.74, 6) is 1.93. The van der Waals surface area contributed by atoms with Crippen LogP contribution in [0.2, 0.25) is 0 Å². The summed E-state index contributed by atoms with van der Waals surface area (Å²) in [5, 5.41) is 4.16. The van der Waals surface area contributed by atoms with Crippen molar-refractivity contribution in [1.29, 1.82) is 0 Å². The summed E-state index contributed by atoms with van der Waals surface area (Å²) < 4.78 is 0. The number of hydrazone groups is 1. The Morgan fingerprint density at radius 1 is 1.04 bits per heavy atom. The third-order valence-corrected chi connectivity index (χ3v) is 5.58. The summed E-state index contributed by atoms with van der Waals surface area (Å²) in [4.78, 5) is 11.2. The third-order valence-electron chi connectivity index (χ3n) is 5.58. The van der Waals surface area contributed by atoms with Gasteiger partial charge in [-0.15, -0.1) is 0 Å². The Balaban J connectivity index is 1.49. The minimum atomic E-state index is 0.0168. The molecule has 0 saturated heterocycles. The molecule has 3 heteroatoms. The summed E-state index contributed by atoms with van der Waals surface area (Å²) in [7, 11) is 0. The van der Waals surface area contributed by atoms with E-state index >= 15 is 0 Å². The van der Waals surface area contributed by atoms with Crippen molar-refractivity contribution in [3.8, 4) is 0 Å². The van der Waals surface area contributed by atoms with Gasteiger partial charge in [0, 0.05) is 12.8 Å². The maximum absolute atomic E-state index is 11.2. The van der Waals surface area contributed by atoms with E-state index in [2.05, 4.69) is 41.7 Å². The van der Waals surface area contributed by atoms with Crippen molar-refractivity contribution in [2.24, 2.45) is 16.9 Å². The molecule has 0 radical (unpaired) electrons. The fourth-order valence-electron chi connectivity index (χ4n) is 3.85. The third kappa shape index (κ3) is 4.43. The van der Waals surface area contributed by atoms with Gasteiger partial charge in [0.25, 0.3) is 0 Å². The summed E-state index contributed by atoms with van der Waals surface area (Å²) >= 11 is 0. The summed E-state index contributed by atoms with van der Waals surface area (Å²) in [5.41, 5.74) is 6.12. The first kappa shape index (κ1) is 16.2. The first-order valence-corrected chi connectivity index (χ1v) is 9.19. The van der Waals surface area contributed by atoms with Crippen LogP contribution in [0.25, 0.3) is 0 Å². The van der Waals surface area contributed by atoms with E-state index < -0.39 is 0 Å². The Morgan fingerprint density at radius 2 is 1.74 bits per heavy atom. The van der Waals surface area contributed by atoms with Gasteiger partial charge in [0.15, 0.2) is 0 Å². The molecule has 1 fully saturated rings. The molecule has 1 saturated carbocycles. The molecule has 1 aromatic rings. The molecule has 0 spiro atoms. The van der Waals surface area contributed by atoms with Gasteiger partial charge in [-0.05, 0) is 35.8 Å². The molecular weight excluding hydrogens is 284 g/mol. The van der Waals surface area contributed by atoms with Crippen molar-refractivity contribution in [1.82, 2.24) is 5.43 Å². The van der Waals surface area contributed by atoms with E-state index in [1.54, 1.807) is 0 Å². The monoisotopic (exact) mass is 312 g/mol. The highest BCUT2D eigenvalue weighted by atomic mass is 16.2. The van der Waals surface area contributed by atoms with Gasteiger partial charge in [-0.2, -0.15) is 5.10 Å². The number of hydrogen-bond donors (Lipinski definition) is 1. The minimum Gasteiger partial charge on any atom is -0.273 e. The molecule has 1 heterocycles. The molecule has 0 atom stereocenters. The molecule has 1 N–H and O–H groups in total. The SMILES string of the molecule is CC[C@H]1CC[C@H](CCc2ccc(C3=NNC(=O)CC3)cc2)CC1. The minimum absolute atomic E-state index is 0.0168. The number of nitrogens with zero attached hydrogens (tertiary/aromatic N) is 1. The van der Waals surface area contributed by atoms with E-state index in [0.717, 1.165) is 29.5 Å². The Kier molecular flexibility index (Phi) is 5.47. The van der Waals surface area contributed by atoms with Crippen LogP contribution in [0.5, 0.6) is 0 Å². The van der Waals surface area contributed by atoms with Gasteiger partial charge in [0.2, 0.25) is 5.91 Å². The van der Waals surface area contributed by atoms with Crippen LogP contribution in [0.1, 0.15) is 69.4 Å². The molecule has 0 unspecified atom stereocenters. The second kappa shape index (κ2) is 7.76. The van der Waals surface area contributed by atoms with Crippen molar-refractivity contribution in [3.05, 3.63) is 35.4 Å². The summed E-state index contributed by atoms with van der Waals surface area (Å²) in [6, 6.07) is 8.76. The number of benzene rings is 1. The Hall–Kier alpha value is -1.64. The maximum atomic E-state index is 11.2. The van der Waals surface area contributed by atoms with Gasteiger partial charge in [0.1, 0.15) is 0 Å². The quantitative estimate of drug-likeness (QED) is 0.857. The zero-order valence-electron chi connectivity index (χ0n) is 14.2. The Morgan fingerprint density at radius 3 is 2.35 bits per heavy atom. The summed E-state index contributed by atoms with van der Waals surface area (Å²) in [6.07, 6.45) is 10.9. The Labute approximate surface area is 139 Å². The van der Waals surface area contributed by atoms with Crippen molar-refractivity contribution in [2.45, 2.75) is 64.7 Å².